The van der Waals surface area contributed by atoms with Gasteiger partial charge < -0.3 is 15.3 Å². The number of nitrogens with zero attached hydrogens (tertiary/aromatic N) is 2. The number of nitrogens with one attached hydrogen (secondary N) is 1. The Balaban J connectivity index is 1.84. The zero-order valence-corrected chi connectivity index (χ0v) is 10.4. The van der Waals surface area contributed by atoms with Gasteiger partial charge in [0.1, 0.15) is 0 Å². The van der Waals surface area contributed by atoms with Gasteiger partial charge in [0.25, 0.3) is 0 Å². The topological polar surface area (TPSA) is 65.5 Å². The molecular weight excluding hydrogens is 230 g/mol. The van der Waals surface area contributed by atoms with Crippen LogP contribution in [-0.2, 0) is 0 Å². The lowest BCUT2D eigenvalue weighted by Gasteiger charge is -2.26. The highest BCUT2D eigenvalue weighted by molar-refractivity contribution is 5.93. The second kappa shape index (κ2) is 6.35. The molecule has 2 heterocycles. The third-order valence-corrected chi connectivity index (χ3v) is 3.24. The lowest BCUT2D eigenvalue weighted by molar-refractivity contribution is 0.0698. The van der Waals surface area contributed by atoms with E-state index in [-0.39, 0.29) is 5.56 Å². The van der Waals surface area contributed by atoms with Crippen LogP contribution >= 0.6 is 0 Å². The Morgan fingerprint density at radius 1 is 1.39 bits per heavy atom. The predicted octanol–water partition coefficient (Wildman–Crippen LogP) is 1.68. The third-order valence-electron chi connectivity index (χ3n) is 3.24. The first-order chi connectivity index (χ1) is 8.77. The molecule has 5 heteroatoms. The fraction of sp³-hybridized carbons (Fsp3) is 0.538. The zero-order chi connectivity index (χ0) is 12.8. The van der Waals surface area contributed by atoms with Crippen molar-refractivity contribution in [3.8, 4) is 0 Å². The summed E-state index contributed by atoms with van der Waals surface area (Å²) < 4.78 is 0. The van der Waals surface area contributed by atoms with Crippen LogP contribution in [0.15, 0.2) is 18.5 Å². The summed E-state index contributed by atoms with van der Waals surface area (Å²) in [5.74, 6) is -0.919. The largest absolute Gasteiger partial charge is 0.478 e. The van der Waals surface area contributed by atoms with Crippen LogP contribution in [0.25, 0.3) is 0 Å². The van der Waals surface area contributed by atoms with E-state index < -0.39 is 5.97 Å². The predicted molar refractivity (Wildman–Crippen MR) is 70.0 cm³/mol. The second-order valence-electron chi connectivity index (χ2n) is 4.56. The van der Waals surface area contributed by atoms with Crippen molar-refractivity contribution < 1.29 is 9.90 Å². The molecule has 0 aromatic carbocycles. The van der Waals surface area contributed by atoms with E-state index in [1.54, 1.807) is 6.20 Å². The SMILES string of the molecule is O=C(O)c1ccncc1NCCN1CCCCC1. The summed E-state index contributed by atoms with van der Waals surface area (Å²) in [6.07, 6.45) is 6.94. The van der Waals surface area contributed by atoms with Crippen molar-refractivity contribution in [2.45, 2.75) is 19.3 Å². The maximum atomic E-state index is 11.0. The van der Waals surface area contributed by atoms with E-state index in [0.29, 0.717) is 5.69 Å². The number of anilines is 1. The van der Waals surface area contributed by atoms with E-state index >= 15 is 0 Å². The number of carboxylic acid groups (broad SMARTS) is 1. The first kappa shape index (κ1) is 12.8. The molecular formula is C13H19N3O2. The Morgan fingerprint density at radius 3 is 2.89 bits per heavy atom. The number of carbonyl (C=O) groups is 1. The quantitative estimate of drug-likeness (QED) is 0.831. The molecule has 1 aromatic heterocycles. The summed E-state index contributed by atoms with van der Waals surface area (Å²) in [6, 6.07) is 1.52. The average molecular weight is 249 g/mol. The highest BCUT2D eigenvalue weighted by Gasteiger charge is 2.11. The molecule has 1 aromatic rings. The molecule has 0 unspecified atom stereocenters. The summed E-state index contributed by atoms with van der Waals surface area (Å²) in [5, 5.41) is 12.2. The van der Waals surface area contributed by atoms with Gasteiger partial charge in [-0.15, -0.1) is 0 Å². The molecule has 1 aliphatic heterocycles. The average Bonchev–Trinajstić information content (AvgIpc) is 2.40. The van der Waals surface area contributed by atoms with Gasteiger partial charge in [-0.05, 0) is 32.0 Å². The summed E-state index contributed by atoms with van der Waals surface area (Å²) in [7, 11) is 0. The molecule has 5 nitrogen and oxygen atoms in total. The minimum atomic E-state index is -0.919. The Kier molecular flexibility index (Phi) is 4.52. The number of rotatable bonds is 5. The smallest absolute Gasteiger partial charge is 0.337 e. The van der Waals surface area contributed by atoms with Crippen LogP contribution in [-0.4, -0.2) is 47.1 Å². The summed E-state index contributed by atoms with van der Waals surface area (Å²) >= 11 is 0. The van der Waals surface area contributed by atoms with Crippen LogP contribution in [0.1, 0.15) is 29.6 Å². The number of hydrogen-bond donors (Lipinski definition) is 2. The van der Waals surface area contributed by atoms with E-state index in [2.05, 4.69) is 15.2 Å². The maximum absolute atomic E-state index is 11.0. The number of aromatic carboxylic acids is 1. The molecule has 18 heavy (non-hydrogen) atoms. The Morgan fingerprint density at radius 2 is 2.17 bits per heavy atom. The van der Waals surface area contributed by atoms with Crippen molar-refractivity contribution >= 4 is 11.7 Å². The molecule has 1 fully saturated rings. The number of likely N-dealkylation sites (tertiary alicyclic amines) is 1. The standard InChI is InChI=1S/C13H19N3O2/c17-13(18)11-4-5-14-10-12(11)15-6-9-16-7-2-1-3-8-16/h4-5,10,15H,1-3,6-9H2,(H,17,18). The van der Waals surface area contributed by atoms with E-state index in [9.17, 15) is 4.79 Å². The third kappa shape index (κ3) is 3.43. The van der Waals surface area contributed by atoms with Gasteiger partial charge in [0, 0.05) is 19.3 Å². The first-order valence-corrected chi connectivity index (χ1v) is 6.41. The number of carboxylic acids is 1. The van der Waals surface area contributed by atoms with Crippen molar-refractivity contribution in [1.29, 1.82) is 0 Å². The lowest BCUT2D eigenvalue weighted by atomic mass is 10.1. The fourth-order valence-corrected chi connectivity index (χ4v) is 2.25. The first-order valence-electron chi connectivity index (χ1n) is 6.41. The molecule has 1 aliphatic rings. The van der Waals surface area contributed by atoms with Crippen molar-refractivity contribution in [1.82, 2.24) is 9.88 Å². The molecule has 0 aliphatic carbocycles. The summed E-state index contributed by atoms with van der Waals surface area (Å²) in [6.45, 7) is 4.01. The molecule has 0 radical (unpaired) electrons. The molecule has 2 N–H and O–H groups in total. The number of piperidine rings is 1. The zero-order valence-electron chi connectivity index (χ0n) is 10.4. The van der Waals surface area contributed by atoms with Crippen LogP contribution in [0.3, 0.4) is 0 Å². The van der Waals surface area contributed by atoms with Gasteiger partial charge in [0.05, 0.1) is 17.4 Å². The van der Waals surface area contributed by atoms with Gasteiger partial charge >= 0.3 is 5.97 Å². The van der Waals surface area contributed by atoms with Crippen LogP contribution in [0.2, 0.25) is 0 Å². The molecule has 0 spiro atoms. The minimum absolute atomic E-state index is 0.281. The van der Waals surface area contributed by atoms with Crippen molar-refractivity contribution in [2.24, 2.45) is 0 Å². The molecule has 98 valence electrons. The lowest BCUT2D eigenvalue weighted by Crippen LogP contribution is -2.33. The fourth-order valence-electron chi connectivity index (χ4n) is 2.25. The van der Waals surface area contributed by atoms with Crippen LogP contribution in [0, 0.1) is 0 Å². The van der Waals surface area contributed by atoms with Crippen LogP contribution < -0.4 is 5.32 Å². The molecule has 1 saturated heterocycles. The number of aromatic nitrogens is 1. The van der Waals surface area contributed by atoms with Gasteiger partial charge in [-0.3, -0.25) is 4.98 Å². The van der Waals surface area contributed by atoms with E-state index in [0.717, 1.165) is 26.2 Å². The van der Waals surface area contributed by atoms with Gasteiger partial charge in [0.2, 0.25) is 0 Å². The molecule has 2 rings (SSSR count). The van der Waals surface area contributed by atoms with Gasteiger partial charge in [-0.25, -0.2) is 4.79 Å². The van der Waals surface area contributed by atoms with Crippen molar-refractivity contribution in [3.63, 3.8) is 0 Å². The van der Waals surface area contributed by atoms with Gasteiger partial charge in [-0.2, -0.15) is 0 Å². The van der Waals surface area contributed by atoms with E-state index in [4.69, 9.17) is 5.11 Å². The summed E-state index contributed by atoms with van der Waals surface area (Å²) in [4.78, 5) is 17.4. The number of hydrogen-bond acceptors (Lipinski definition) is 4. The van der Waals surface area contributed by atoms with Gasteiger partial charge in [-0.1, -0.05) is 6.42 Å². The number of pyridine rings is 1. The minimum Gasteiger partial charge on any atom is -0.478 e. The van der Waals surface area contributed by atoms with E-state index in [1.807, 2.05) is 0 Å². The van der Waals surface area contributed by atoms with Crippen LogP contribution in [0.4, 0.5) is 5.69 Å². The Hall–Kier alpha value is -1.62. The monoisotopic (exact) mass is 249 g/mol. The maximum Gasteiger partial charge on any atom is 0.337 e. The molecule has 0 amide bonds. The van der Waals surface area contributed by atoms with E-state index in [1.165, 1.54) is 31.5 Å². The Bertz CT molecular complexity index is 403. The molecule has 0 saturated carbocycles. The highest BCUT2D eigenvalue weighted by atomic mass is 16.4. The Labute approximate surface area is 107 Å². The molecule has 0 bridgehead atoms. The van der Waals surface area contributed by atoms with Crippen molar-refractivity contribution in [2.75, 3.05) is 31.5 Å². The highest BCUT2D eigenvalue weighted by Crippen LogP contribution is 2.13. The molecule has 0 atom stereocenters. The van der Waals surface area contributed by atoms with Gasteiger partial charge in [0.15, 0.2) is 0 Å². The second-order valence-corrected chi connectivity index (χ2v) is 4.56. The van der Waals surface area contributed by atoms with Crippen molar-refractivity contribution in [3.05, 3.63) is 24.0 Å². The summed E-state index contributed by atoms with van der Waals surface area (Å²) in [5.41, 5.74) is 0.880. The normalized spacial score (nSPS) is 16.4. The van der Waals surface area contributed by atoms with Crippen LogP contribution in [0.5, 0.6) is 0 Å².